The fourth-order valence-corrected chi connectivity index (χ4v) is 4.84. The maximum absolute atomic E-state index is 14.6. The van der Waals surface area contributed by atoms with E-state index in [0.717, 1.165) is 17.3 Å². The van der Waals surface area contributed by atoms with Gasteiger partial charge in [-0.1, -0.05) is 37.3 Å². The summed E-state index contributed by atoms with van der Waals surface area (Å²) < 4.78 is 43.0. The smallest absolute Gasteiger partial charge is 0.244 e. The SMILES string of the molecule is CCC(NS(=O)(=O)c1cc2c(cc1F)NC(=O)CC2)c1ncc(-c2ccccc2)[nH]1. The molecule has 0 radical (unpaired) electrons. The van der Waals surface area contributed by atoms with E-state index in [4.69, 9.17) is 0 Å². The summed E-state index contributed by atoms with van der Waals surface area (Å²) in [5, 5.41) is 2.57. The molecule has 0 aliphatic carbocycles. The topological polar surface area (TPSA) is 104 Å². The monoisotopic (exact) mass is 428 g/mol. The van der Waals surface area contributed by atoms with Gasteiger partial charge in [0.25, 0.3) is 0 Å². The number of aromatic amines is 1. The van der Waals surface area contributed by atoms with Crippen LogP contribution in [0.25, 0.3) is 11.3 Å². The lowest BCUT2D eigenvalue weighted by Crippen LogP contribution is -2.30. The van der Waals surface area contributed by atoms with E-state index in [2.05, 4.69) is 20.0 Å². The van der Waals surface area contributed by atoms with Gasteiger partial charge in [0, 0.05) is 12.1 Å². The van der Waals surface area contributed by atoms with Gasteiger partial charge in [0.1, 0.15) is 16.5 Å². The van der Waals surface area contributed by atoms with Gasteiger partial charge in [0.15, 0.2) is 0 Å². The first-order valence-electron chi connectivity index (χ1n) is 9.62. The molecule has 1 unspecified atom stereocenters. The van der Waals surface area contributed by atoms with Crippen LogP contribution in [-0.2, 0) is 21.2 Å². The molecule has 1 aliphatic rings. The highest BCUT2D eigenvalue weighted by molar-refractivity contribution is 7.89. The zero-order valence-electron chi connectivity index (χ0n) is 16.3. The summed E-state index contributed by atoms with van der Waals surface area (Å²) in [5.41, 5.74) is 2.60. The van der Waals surface area contributed by atoms with E-state index < -0.39 is 26.8 Å². The van der Waals surface area contributed by atoms with Crippen LogP contribution in [0.15, 0.2) is 53.6 Å². The van der Waals surface area contributed by atoms with E-state index >= 15 is 0 Å². The van der Waals surface area contributed by atoms with Crippen LogP contribution in [0.3, 0.4) is 0 Å². The fourth-order valence-electron chi connectivity index (χ4n) is 3.45. The maximum Gasteiger partial charge on any atom is 0.244 e. The summed E-state index contributed by atoms with van der Waals surface area (Å²) in [6, 6.07) is 11.2. The van der Waals surface area contributed by atoms with Crippen LogP contribution in [-0.4, -0.2) is 24.3 Å². The number of hydrogen-bond donors (Lipinski definition) is 3. The Morgan fingerprint density at radius 1 is 1.20 bits per heavy atom. The van der Waals surface area contributed by atoms with Gasteiger partial charge in [-0.15, -0.1) is 0 Å². The molecular formula is C21H21FN4O3S. The Kier molecular flexibility index (Phi) is 5.40. The molecule has 1 atom stereocenters. The van der Waals surface area contributed by atoms with Crippen molar-refractivity contribution in [3.63, 3.8) is 0 Å². The third kappa shape index (κ3) is 3.99. The van der Waals surface area contributed by atoms with Gasteiger partial charge in [-0.3, -0.25) is 4.79 Å². The van der Waals surface area contributed by atoms with E-state index in [1.165, 1.54) is 6.07 Å². The lowest BCUT2D eigenvalue weighted by Gasteiger charge is -2.20. The van der Waals surface area contributed by atoms with Crippen molar-refractivity contribution in [3.05, 3.63) is 65.9 Å². The second-order valence-electron chi connectivity index (χ2n) is 7.12. The number of benzene rings is 2. The molecule has 3 aromatic rings. The average molecular weight is 428 g/mol. The predicted molar refractivity (Wildman–Crippen MR) is 111 cm³/mol. The van der Waals surface area contributed by atoms with E-state index in [0.29, 0.717) is 29.9 Å². The maximum atomic E-state index is 14.6. The number of sulfonamides is 1. The lowest BCUT2D eigenvalue weighted by atomic mass is 10.0. The molecule has 2 heterocycles. The number of halogens is 1. The highest BCUT2D eigenvalue weighted by atomic mass is 32.2. The second kappa shape index (κ2) is 8.00. The second-order valence-corrected chi connectivity index (χ2v) is 8.80. The molecule has 0 fully saturated rings. The summed E-state index contributed by atoms with van der Waals surface area (Å²) >= 11 is 0. The van der Waals surface area contributed by atoms with Crippen molar-refractivity contribution in [2.75, 3.05) is 5.32 Å². The summed E-state index contributed by atoms with van der Waals surface area (Å²) in [4.78, 5) is 18.5. The Morgan fingerprint density at radius 3 is 2.70 bits per heavy atom. The van der Waals surface area contributed by atoms with Crippen molar-refractivity contribution in [3.8, 4) is 11.3 Å². The predicted octanol–water partition coefficient (Wildman–Crippen LogP) is 3.53. The molecule has 3 N–H and O–H groups in total. The van der Waals surface area contributed by atoms with Crippen LogP contribution in [0.5, 0.6) is 0 Å². The zero-order valence-corrected chi connectivity index (χ0v) is 17.1. The van der Waals surface area contributed by atoms with Gasteiger partial charge < -0.3 is 10.3 Å². The fraction of sp³-hybridized carbons (Fsp3) is 0.238. The number of amides is 1. The van der Waals surface area contributed by atoms with Crippen LogP contribution >= 0.6 is 0 Å². The molecule has 0 spiro atoms. The number of nitrogens with one attached hydrogen (secondary N) is 3. The average Bonchev–Trinajstić information content (AvgIpc) is 3.22. The van der Waals surface area contributed by atoms with E-state index in [9.17, 15) is 17.6 Å². The van der Waals surface area contributed by atoms with Crippen LogP contribution in [0, 0.1) is 5.82 Å². The Bertz CT molecular complexity index is 1190. The van der Waals surface area contributed by atoms with Crippen molar-refractivity contribution in [2.24, 2.45) is 0 Å². The summed E-state index contributed by atoms with van der Waals surface area (Å²) in [5.74, 6) is -0.679. The van der Waals surface area contributed by atoms with Crippen LogP contribution in [0.4, 0.5) is 10.1 Å². The number of hydrogen-bond acceptors (Lipinski definition) is 4. The first-order valence-corrected chi connectivity index (χ1v) is 11.1. The molecular weight excluding hydrogens is 407 g/mol. The quantitative estimate of drug-likeness (QED) is 0.559. The van der Waals surface area contributed by atoms with E-state index in [1.807, 2.05) is 37.3 Å². The van der Waals surface area contributed by atoms with Gasteiger partial charge in [-0.25, -0.2) is 22.5 Å². The number of aryl methyl sites for hydroxylation is 1. The van der Waals surface area contributed by atoms with E-state index in [1.54, 1.807) is 6.20 Å². The third-order valence-corrected chi connectivity index (χ3v) is 6.55. The molecule has 2 aromatic carbocycles. The minimum Gasteiger partial charge on any atom is -0.341 e. The van der Waals surface area contributed by atoms with E-state index in [-0.39, 0.29) is 12.3 Å². The Balaban J connectivity index is 1.61. The largest absolute Gasteiger partial charge is 0.341 e. The first-order chi connectivity index (χ1) is 14.4. The van der Waals surface area contributed by atoms with Gasteiger partial charge in [0.05, 0.1) is 17.9 Å². The zero-order chi connectivity index (χ0) is 21.3. The molecule has 1 aliphatic heterocycles. The summed E-state index contributed by atoms with van der Waals surface area (Å²) in [6.45, 7) is 1.82. The molecule has 7 nitrogen and oxygen atoms in total. The Hall–Kier alpha value is -3.04. The molecule has 30 heavy (non-hydrogen) atoms. The van der Waals surface area contributed by atoms with Crippen molar-refractivity contribution in [1.82, 2.24) is 14.7 Å². The van der Waals surface area contributed by atoms with Crippen molar-refractivity contribution in [2.45, 2.75) is 37.1 Å². The van der Waals surface area contributed by atoms with Crippen LogP contribution in [0.1, 0.15) is 37.2 Å². The van der Waals surface area contributed by atoms with Crippen LogP contribution < -0.4 is 10.0 Å². The highest BCUT2D eigenvalue weighted by Crippen LogP contribution is 2.29. The molecule has 1 aromatic heterocycles. The number of imidazole rings is 1. The highest BCUT2D eigenvalue weighted by Gasteiger charge is 2.27. The number of aromatic nitrogens is 2. The third-order valence-electron chi connectivity index (χ3n) is 5.06. The molecule has 0 saturated heterocycles. The number of anilines is 1. The number of rotatable bonds is 6. The van der Waals surface area contributed by atoms with Gasteiger partial charge in [0.2, 0.25) is 15.9 Å². The molecule has 0 saturated carbocycles. The number of fused-ring (bicyclic) bond motifs is 1. The minimum absolute atomic E-state index is 0.214. The van der Waals surface area contributed by atoms with Gasteiger partial charge in [-0.05, 0) is 36.1 Å². The molecule has 9 heteroatoms. The van der Waals surface area contributed by atoms with Gasteiger partial charge >= 0.3 is 0 Å². The molecule has 1 amide bonds. The number of H-pyrrole nitrogens is 1. The molecule has 0 bridgehead atoms. The minimum atomic E-state index is -4.15. The number of carbonyl (C=O) groups is 1. The lowest BCUT2D eigenvalue weighted by molar-refractivity contribution is -0.116. The van der Waals surface area contributed by atoms with Crippen molar-refractivity contribution in [1.29, 1.82) is 0 Å². The standard InChI is InChI=1S/C21H21FN4O3S/c1-2-16(21-23-12-18(25-21)13-6-4-3-5-7-13)26-30(28,29)19-10-14-8-9-20(27)24-17(14)11-15(19)22/h3-7,10-12,16,26H,2,8-9H2,1H3,(H,23,25)(H,24,27). The summed E-state index contributed by atoms with van der Waals surface area (Å²) in [6.07, 6.45) is 2.66. The first kappa shape index (κ1) is 20.2. The van der Waals surface area contributed by atoms with Crippen LogP contribution in [0.2, 0.25) is 0 Å². The molecule has 156 valence electrons. The Labute approximate surface area is 173 Å². The van der Waals surface area contributed by atoms with Gasteiger partial charge in [-0.2, -0.15) is 0 Å². The normalized spacial score (nSPS) is 14.8. The number of carbonyl (C=O) groups excluding carboxylic acids is 1. The summed E-state index contributed by atoms with van der Waals surface area (Å²) in [7, 11) is -4.15. The Morgan fingerprint density at radius 2 is 1.97 bits per heavy atom. The van der Waals surface area contributed by atoms with Crippen molar-refractivity contribution < 1.29 is 17.6 Å². The number of nitrogens with zero attached hydrogens (tertiary/aromatic N) is 1. The van der Waals surface area contributed by atoms with Crippen molar-refractivity contribution >= 4 is 21.6 Å². The molecule has 4 rings (SSSR count).